The molecule has 0 aliphatic rings. The maximum Gasteiger partial charge on any atom is 0.373 e. The lowest BCUT2D eigenvalue weighted by atomic mass is 10.1. The van der Waals surface area contributed by atoms with Crippen LogP contribution in [0.25, 0.3) is 10.9 Å². The zero-order chi connectivity index (χ0) is 20.4. The Bertz CT molecular complexity index is 1220. The van der Waals surface area contributed by atoms with Gasteiger partial charge in [0.1, 0.15) is 12.1 Å². The Morgan fingerprint density at radius 1 is 1.00 bits per heavy atom. The van der Waals surface area contributed by atoms with Gasteiger partial charge in [0.15, 0.2) is 0 Å². The van der Waals surface area contributed by atoms with Crippen LogP contribution in [0.3, 0.4) is 0 Å². The Balaban J connectivity index is 1.75. The number of benzene rings is 2. The molecule has 2 aromatic carbocycles. The van der Waals surface area contributed by atoms with Crippen LogP contribution in [0.4, 0.5) is 17.2 Å². The number of ether oxygens (including phenoxy) is 1. The lowest BCUT2D eigenvalue weighted by Crippen LogP contribution is -2.04. The predicted molar refractivity (Wildman–Crippen MR) is 110 cm³/mol. The van der Waals surface area contributed by atoms with Gasteiger partial charge in [-0.1, -0.05) is 12.1 Å². The monoisotopic (exact) mass is 387 g/mol. The molecule has 2 heterocycles. The number of pyridine rings is 1. The Morgan fingerprint density at radius 2 is 1.86 bits per heavy atom. The number of nitro groups is 1. The topological polar surface area (TPSA) is 103 Å². The minimum atomic E-state index is -0.553. The fourth-order valence-corrected chi connectivity index (χ4v) is 2.92. The highest BCUT2D eigenvalue weighted by atomic mass is 16.6. The first-order chi connectivity index (χ1) is 14.0. The second-order valence-electron chi connectivity index (χ2n) is 6.48. The predicted octanol–water partition coefficient (Wildman–Crippen LogP) is 5.09. The summed E-state index contributed by atoms with van der Waals surface area (Å²) in [6, 6.07) is 14.6. The van der Waals surface area contributed by atoms with Crippen LogP contribution in [0.1, 0.15) is 11.1 Å². The van der Waals surface area contributed by atoms with Gasteiger partial charge < -0.3 is 10.1 Å². The summed E-state index contributed by atoms with van der Waals surface area (Å²) in [5.41, 5.74) is 3.18. The van der Waals surface area contributed by atoms with E-state index in [4.69, 9.17) is 4.74 Å². The van der Waals surface area contributed by atoms with Crippen LogP contribution < -0.4 is 10.1 Å². The van der Waals surface area contributed by atoms with E-state index in [1.165, 1.54) is 6.33 Å². The second-order valence-corrected chi connectivity index (χ2v) is 6.48. The molecule has 0 radical (unpaired) electrons. The smallest absolute Gasteiger partial charge is 0.373 e. The summed E-state index contributed by atoms with van der Waals surface area (Å²) in [4.78, 5) is 23.6. The maximum absolute atomic E-state index is 11.8. The standard InChI is InChI=1S/C21H17N5O3/c1-13-8-9-15(11-14(13)2)29-21-19(26(27)28)20(23-12-24-21)25-18-7-3-6-17-16(18)5-4-10-22-17/h3-12H,1-2H3,(H,23,24,25). The molecule has 0 fully saturated rings. The maximum atomic E-state index is 11.8. The van der Waals surface area contributed by atoms with Gasteiger partial charge in [0.2, 0.25) is 5.82 Å². The van der Waals surface area contributed by atoms with Crippen molar-refractivity contribution in [2.24, 2.45) is 0 Å². The quantitative estimate of drug-likeness (QED) is 0.376. The normalized spacial score (nSPS) is 10.7. The first kappa shape index (κ1) is 18.3. The summed E-state index contributed by atoms with van der Waals surface area (Å²) in [6.07, 6.45) is 2.92. The number of aryl methyl sites for hydroxylation is 2. The molecule has 8 heteroatoms. The van der Waals surface area contributed by atoms with E-state index in [0.29, 0.717) is 11.4 Å². The molecule has 0 saturated carbocycles. The summed E-state index contributed by atoms with van der Waals surface area (Å²) in [7, 11) is 0. The Hall–Kier alpha value is -4.07. The van der Waals surface area contributed by atoms with Gasteiger partial charge in [-0.2, -0.15) is 4.98 Å². The van der Waals surface area contributed by atoms with Crippen LogP contribution in [-0.2, 0) is 0 Å². The minimum absolute atomic E-state index is 0.0418. The molecule has 0 saturated heterocycles. The minimum Gasteiger partial charge on any atom is -0.434 e. The summed E-state index contributed by atoms with van der Waals surface area (Å²) in [5, 5.41) is 15.7. The van der Waals surface area contributed by atoms with Crippen molar-refractivity contribution < 1.29 is 9.66 Å². The van der Waals surface area contributed by atoms with Gasteiger partial charge in [-0.25, -0.2) is 4.98 Å². The Morgan fingerprint density at radius 3 is 2.66 bits per heavy atom. The summed E-state index contributed by atoms with van der Waals surface area (Å²) in [5.74, 6) is 0.379. The van der Waals surface area contributed by atoms with E-state index in [2.05, 4.69) is 20.3 Å². The van der Waals surface area contributed by atoms with E-state index in [1.54, 1.807) is 24.4 Å². The Kier molecular flexibility index (Phi) is 4.74. The van der Waals surface area contributed by atoms with Crippen molar-refractivity contribution in [3.05, 3.63) is 82.3 Å². The van der Waals surface area contributed by atoms with Crippen molar-refractivity contribution in [1.82, 2.24) is 15.0 Å². The molecule has 29 heavy (non-hydrogen) atoms. The third kappa shape index (κ3) is 3.68. The van der Waals surface area contributed by atoms with Crippen molar-refractivity contribution in [3.63, 3.8) is 0 Å². The van der Waals surface area contributed by atoms with Gasteiger partial charge in [0, 0.05) is 17.3 Å². The SMILES string of the molecule is Cc1ccc(Oc2ncnc(Nc3cccc4ncccc34)c2[N+](=O)[O-])cc1C. The molecule has 144 valence electrons. The van der Waals surface area contributed by atoms with Gasteiger partial charge >= 0.3 is 11.6 Å². The molecule has 0 bridgehead atoms. The molecule has 1 N–H and O–H groups in total. The first-order valence-electron chi connectivity index (χ1n) is 8.88. The fraction of sp³-hybridized carbons (Fsp3) is 0.0952. The number of aromatic nitrogens is 3. The van der Waals surface area contributed by atoms with Crippen molar-refractivity contribution in [2.45, 2.75) is 13.8 Å². The van der Waals surface area contributed by atoms with Gasteiger partial charge in [-0.05, 0) is 61.4 Å². The summed E-state index contributed by atoms with van der Waals surface area (Å²) >= 11 is 0. The lowest BCUT2D eigenvalue weighted by molar-refractivity contribution is -0.385. The van der Waals surface area contributed by atoms with Crippen molar-refractivity contribution in [3.8, 4) is 11.6 Å². The van der Waals surface area contributed by atoms with Crippen LogP contribution in [0.2, 0.25) is 0 Å². The van der Waals surface area contributed by atoms with E-state index in [0.717, 1.165) is 22.0 Å². The molecule has 0 amide bonds. The third-order valence-corrected chi connectivity index (χ3v) is 4.56. The van der Waals surface area contributed by atoms with Crippen molar-refractivity contribution in [2.75, 3.05) is 5.32 Å². The van der Waals surface area contributed by atoms with Gasteiger partial charge in [-0.15, -0.1) is 0 Å². The fourth-order valence-electron chi connectivity index (χ4n) is 2.92. The molecule has 0 unspecified atom stereocenters. The number of hydrogen-bond donors (Lipinski definition) is 1. The van der Waals surface area contributed by atoms with Crippen molar-refractivity contribution in [1.29, 1.82) is 0 Å². The number of fused-ring (bicyclic) bond motifs is 1. The lowest BCUT2D eigenvalue weighted by Gasteiger charge is -2.11. The summed E-state index contributed by atoms with van der Waals surface area (Å²) in [6.45, 7) is 3.92. The van der Waals surface area contributed by atoms with Gasteiger partial charge in [0.05, 0.1) is 10.4 Å². The molecule has 0 atom stereocenters. The molecule has 8 nitrogen and oxygen atoms in total. The van der Waals surface area contributed by atoms with Gasteiger partial charge in [0.25, 0.3) is 0 Å². The van der Waals surface area contributed by atoms with E-state index in [1.807, 2.05) is 44.2 Å². The molecule has 4 rings (SSSR count). The van der Waals surface area contributed by atoms with E-state index >= 15 is 0 Å². The second kappa shape index (κ2) is 7.51. The third-order valence-electron chi connectivity index (χ3n) is 4.56. The van der Waals surface area contributed by atoms with E-state index < -0.39 is 4.92 Å². The molecule has 0 aliphatic carbocycles. The van der Waals surface area contributed by atoms with E-state index in [-0.39, 0.29) is 17.4 Å². The molecule has 2 aromatic heterocycles. The van der Waals surface area contributed by atoms with Crippen LogP contribution >= 0.6 is 0 Å². The summed E-state index contributed by atoms with van der Waals surface area (Å²) < 4.78 is 5.73. The largest absolute Gasteiger partial charge is 0.434 e. The Labute approximate surface area is 166 Å². The number of nitrogens with one attached hydrogen (secondary N) is 1. The zero-order valence-electron chi connectivity index (χ0n) is 15.8. The van der Waals surface area contributed by atoms with Crippen LogP contribution in [0.15, 0.2) is 61.1 Å². The molecule has 0 spiro atoms. The van der Waals surface area contributed by atoms with E-state index in [9.17, 15) is 10.1 Å². The van der Waals surface area contributed by atoms with Crippen LogP contribution in [0, 0.1) is 24.0 Å². The first-order valence-corrected chi connectivity index (χ1v) is 8.88. The van der Waals surface area contributed by atoms with Crippen molar-refractivity contribution >= 4 is 28.1 Å². The zero-order valence-corrected chi connectivity index (χ0v) is 15.8. The van der Waals surface area contributed by atoms with Gasteiger partial charge in [-0.3, -0.25) is 15.1 Å². The van der Waals surface area contributed by atoms with Crippen LogP contribution in [-0.4, -0.2) is 19.9 Å². The number of anilines is 2. The number of hydrogen-bond acceptors (Lipinski definition) is 7. The molecular formula is C21H17N5O3. The average Bonchev–Trinajstić information content (AvgIpc) is 2.71. The molecular weight excluding hydrogens is 370 g/mol. The number of nitrogens with zero attached hydrogens (tertiary/aromatic N) is 4. The highest BCUT2D eigenvalue weighted by Crippen LogP contribution is 2.36. The highest BCUT2D eigenvalue weighted by Gasteiger charge is 2.25. The van der Waals surface area contributed by atoms with Crippen LogP contribution in [0.5, 0.6) is 11.6 Å². The average molecular weight is 387 g/mol. The molecule has 4 aromatic rings. The number of rotatable bonds is 5. The molecule has 0 aliphatic heterocycles. The highest BCUT2D eigenvalue weighted by molar-refractivity contribution is 5.93.